The summed E-state index contributed by atoms with van der Waals surface area (Å²) in [5.41, 5.74) is 2.94. The van der Waals surface area contributed by atoms with Gasteiger partial charge in [0.25, 0.3) is 5.91 Å². The van der Waals surface area contributed by atoms with Gasteiger partial charge in [0.05, 0.1) is 16.8 Å². The van der Waals surface area contributed by atoms with Gasteiger partial charge >= 0.3 is 0 Å². The SMILES string of the molecule is O=C(c1cnc2cccc(NC3CCNCC3)c2c1)N(Cl)c1ccccc1. The van der Waals surface area contributed by atoms with E-state index in [0.717, 1.165) is 46.9 Å². The van der Waals surface area contributed by atoms with Crippen LogP contribution in [-0.2, 0) is 0 Å². The van der Waals surface area contributed by atoms with Crippen LogP contribution in [0.3, 0.4) is 0 Å². The van der Waals surface area contributed by atoms with E-state index in [-0.39, 0.29) is 5.91 Å². The van der Waals surface area contributed by atoms with Crippen molar-refractivity contribution in [2.24, 2.45) is 0 Å². The Morgan fingerprint density at radius 3 is 2.67 bits per heavy atom. The van der Waals surface area contributed by atoms with Crippen LogP contribution in [0.4, 0.5) is 11.4 Å². The Kier molecular flexibility index (Phi) is 5.23. The second-order valence-electron chi connectivity index (χ2n) is 6.69. The number of nitrogens with one attached hydrogen (secondary N) is 2. The number of nitrogens with zero attached hydrogens (tertiary/aromatic N) is 2. The van der Waals surface area contributed by atoms with E-state index in [1.54, 1.807) is 18.3 Å². The van der Waals surface area contributed by atoms with Crippen molar-refractivity contribution in [2.45, 2.75) is 18.9 Å². The normalized spacial score (nSPS) is 14.9. The van der Waals surface area contributed by atoms with Gasteiger partial charge in [0.1, 0.15) is 0 Å². The lowest BCUT2D eigenvalue weighted by Crippen LogP contribution is -2.35. The van der Waals surface area contributed by atoms with E-state index < -0.39 is 0 Å². The quantitative estimate of drug-likeness (QED) is 0.666. The van der Waals surface area contributed by atoms with Crippen molar-refractivity contribution in [2.75, 3.05) is 22.8 Å². The van der Waals surface area contributed by atoms with E-state index in [9.17, 15) is 4.79 Å². The molecule has 1 aliphatic rings. The molecule has 0 atom stereocenters. The van der Waals surface area contributed by atoms with Gasteiger partial charge in [0.2, 0.25) is 0 Å². The molecule has 2 aromatic carbocycles. The third-order valence-corrected chi connectivity index (χ3v) is 5.18. The van der Waals surface area contributed by atoms with Gasteiger partial charge in [-0.1, -0.05) is 24.3 Å². The minimum atomic E-state index is -0.297. The van der Waals surface area contributed by atoms with E-state index in [1.807, 2.05) is 42.5 Å². The van der Waals surface area contributed by atoms with Crippen molar-refractivity contribution in [1.82, 2.24) is 10.3 Å². The summed E-state index contributed by atoms with van der Waals surface area (Å²) >= 11 is 6.27. The third kappa shape index (κ3) is 3.89. The molecule has 2 heterocycles. The molecule has 0 unspecified atom stereocenters. The summed E-state index contributed by atoms with van der Waals surface area (Å²) in [6.07, 6.45) is 3.73. The van der Waals surface area contributed by atoms with Gasteiger partial charge in [0, 0.05) is 35.1 Å². The maximum absolute atomic E-state index is 12.8. The molecule has 0 spiro atoms. The smallest absolute Gasteiger partial charge is 0.274 e. The highest BCUT2D eigenvalue weighted by Gasteiger charge is 2.18. The topological polar surface area (TPSA) is 57.3 Å². The number of fused-ring (bicyclic) bond motifs is 1. The molecule has 138 valence electrons. The third-order valence-electron chi connectivity index (χ3n) is 4.83. The van der Waals surface area contributed by atoms with E-state index >= 15 is 0 Å². The molecule has 0 radical (unpaired) electrons. The molecular formula is C21H21ClN4O. The number of rotatable bonds is 4. The molecule has 6 heteroatoms. The summed E-state index contributed by atoms with van der Waals surface area (Å²) in [6.45, 7) is 2.03. The Balaban J connectivity index is 1.64. The molecular weight excluding hydrogens is 360 g/mol. The van der Waals surface area contributed by atoms with E-state index in [1.165, 1.54) is 0 Å². The number of aromatic nitrogens is 1. The predicted octanol–water partition coefficient (Wildman–Crippen LogP) is 4.20. The molecule has 1 amide bonds. The fourth-order valence-electron chi connectivity index (χ4n) is 3.37. The molecule has 3 aromatic rings. The summed E-state index contributed by atoms with van der Waals surface area (Å²) in [6, 6.07) is 17.4. The first-order valence-corrected chi connectivity index (χ1v) is 9.47. The van der Waals surface area contributed by atoms with Crippen molar-refractivity contribution in [3.63, 3.8) is 0 Å². The fourth-order valence-corrected chi connectivity index (χ4v) is 3.58. The maximum atomic E-state index is 12.8. The molecule has 1 aromatic heterocycles. The highest BCUT2D eigenvalue weighted by atomic mass is 35.5. The number of carbonyl (C=O) groups excluding carboxylic acids is 1. The number of hydrogen-bond donors (Lipinski definition) is 2. The minimum Gasteiger partial charge on any atom is -0.382 e. The Hall–Kier alpha value is -2.63. The molecule has 4 rings (SSSR count). The van der Waals surface area contributed by atoms with Crippen LogP contribution >= 0.6 is 11.8 Å². The number of piperidine rings is 1. The van der Waals surface area contributed by atoms with Crippen molar-refractivity contribution >= 4 is 40.0 Å². The average molecular weight is 381 g/mol. The summed E-state index contributed by atoms with van der Waals surface area (Å²) < 4.78 is 1.13. The molecule has 27 heavy (non-hydrogen) atoms. The van der Waals surface area contributed by atoms with Gasteiger partial charge in [-0.15, -0.1) is 0 Å². The van der Waals surface area contributed by atoms with Crippen molar-refractivity contribution in [3.05, 3.63) is 66.4 Å². The van der Waals surface area contributed by atoms with E-state index in [0.29, 0.717) is 17.3 Å². The Morgan fingerprint density at radius 1 is 1.11 bits per heavy atom. The summed E-state index contributed by atoms with van der Waals surface area (Å²) in [4.78, 5) is 17.3. The van der Waals surface area contributed by atoms with Crippen molar-refractivity contribution in [3.8, 4) is 0 Å². The second kappa shape index (κ2) is 7.94. The minimum absolute atomic E-state index is 0.297. The van der Waals surface area contributed by atoms with Crippen LogP contribution in [0.2, 0.25) is 0 Å². The Morgan fingerprint density at radius 2 is 1.89 bits per heavy atom. The number of hydrogen-bond acceptors (Lipinski definition) is 4. The van der Waals surface area contributed by atoms with Gasteiger partial charge < -0.3 is 10.6 Å². The summed E-state index contributed by atoms with van der Waals surface area (Å²) in [7, 11) is 0. The number of carbonyl (C=O) groups is 1. The lowest BCUT2D eigenvalue weighted by atomic mass is 10.0. The molecule has 1 aliphatic heterocycles. The van der Waals surface area contributed by atoms with Crippen LogP contribution < -0.4 is 15.1 Å². The number of pyridine rings is 1. The number of anilines is 2. The zero-order chi connectivity index (χ0) is 18.6. The molecule has 2 N–H and O–H groups in total. The van der Waals surface area contributed by atoms with Gasteiger partial charge in [-0.3, -0.25) is 9.78 Å². The average Bonchev–Trinajstić information content (AvgIpc) is 2.74. The number of benzene rings is 2. The molecule has 1 saturated heterocycles. The highest BCUT2D eigenvalue weighted by Crippen LogP contribution is 2.26. The first-order valence-electron chi connectivity index (χ1n) is 9.14. The summed E-state index contributed by atoms with van der Waals surface area (Å²) in [5.74, 6) is -0.297. The van der Waals surface area contributed by atoms with E-state index in [2.05, 4.69) is 15.6 Å². The Labute approximate surface area is 163 Å². The lowest BCUT2D eigenvalue weighted by Gasteiger charge is -2.25. The van der Waals surface area contributed by atoms with Gasteiger partial charge in [-0.25, -0.2) is 4.42 Å². The van der Waals surface area contributed by atoms with Crippen LogP contribution in [0, 0.1) is 0 Å². The number of para-hydroxylation sites is 1. The standard InChI is InChI=1S/C21H21ClN4O/c22-26(17-5-2-1-3-6-17)21(27)15-13-18-19(24-14-15)7-4-8-20(18)25-16-9-11-23-12-10-16/h1-8,13-14,16,23,25H,9-12H2. The monoisotopic (exact) mass is 380 g/mol. The largest absolute Gasteiger partial charge is 0.382 e. The summed E-state index contributed by atoms with van der Waals surface area (Å²) in [5, 5.41) is 7.92. The Bertz CT molecular complexity index is 941. The molecule has 1 fully saturated rings. The first-order chi connectivity index (χ1) is 13.2. The number of amides is 1. The van der Waals surface area contributed by atoms with Gasteiger partial charge in [-0.05, 0) is 56.3 Å². The number of halogens is 1. The fraction of sp³-hybridized carbons (Fsp3) is 0.238. The van der Waals surface area contributed by atoms with Crippen LogP contribution in [0.15, 0.2) is 60.8 Å². The van der Waals surface area contributed by atoms with Gasteiger partial charge in [0.15, 0.2) is 0 Å². The highest BCUT2D eigenvalue weighted by molar-refractivity contribution is 6.39. The second-order valence-corrected chi connectivity index (χ2v) is 7.02. The van der Waals surface area contributed by atoms with Gasteiger partial charge in [-0.2, -0.15) is 0 Å². The van der Waals surface area contributed by atoms with E-state index in [4.69, 9.17) is 11.8 Å². The van der Waals surface area contributed by atoms with Crippen LogP contribution in [0.25, 0.3) is 10.9 Å². The maximum Gasteiger partial charge on any atom is 0.274 e. The van der Waals surface area contributed by atoms with Crippen molar-refractivity contribution < 1.29 is 4.79 Å². The predicted molar refractivity (Wildman–Crippen MR) is 110 cm³/mol. The molecule has 0 bridgehead atoms. The van der Waals surface area contributed by atoms with Crippen LogP contribution in [-0.4, -0.2) is 30.0 Å². The zero-order valence-corrected chi connectivity index (χ0v) is 15.6. The lowest BCUT2D eigenvalue weighted by molar-refractivity contribution is 0.101. The zero-order valence-electron chi connectivity index (χ0n) is 14.9. The molecule has 5 nitrogen and oxygen atoms in total. The van der Waals surface area contributed by atoms with Crippen molar-refractivity contribution in [1.29, 1.82) is 0 Å². The first kappa shape index (κ1) is 17.8. The van der Waals surface area contributed by atoms with Crippen LogP contribution in [0.1, 0.15) is 23.2 Å². The molecule has 0 aliphatic carbocycles. The molecule has 0 saturated carbocycles. The van der Waals surface area contributed by atoms with Crippen LogP contribution in [0.5, 0.6) is 0 Å².